The highest BCUT2D eigenvalue weighted by molar-refractivity contribution is 5.36. The quantitative estimate of drug-likeness (QED) is 0.615. The third kappa shape index (κ3) is 3.17. The van der Waals surface area contributed by atoms with Crippen LogP contribution in [-0.2, 0) is 13.1 Å². The molecule has 0 N–H and O–H groups in total. The van der Waals surface area contributed by atoms with E-state index in [1.165, 1.54) is 6.07 Å². The number of benzene rings is 1. The molecular weight excluding hydrogens is 251 g/mol. The van der Waals surface area contributed by atoms with Gasteiger partial charge in [0.25, 0.3) is 0 Å². The SMILES string of the molecule is CN(Cc1ccoc1)Cc1cccc([N+](=O)[O-])c1F. The highest BCUT2D eigenvalue weighted by Crippen LogP contribution is 2.21. The molecule has 2 rings (SSSR count). The van der Waals surface area contributed by atoms with E-state index in [9.17, 15) is 14.5 Å². The van der Waals surface area contributed by atoms with Gasteiger partial charge in [-0.15, -0.1) is 0 Å². The van der Waals surface area contributed by atoms with Crippen LogP contribution in [0, 0.1) is 15.9 Å². The topological polar surface area (TPSA) is 59.5 Å². The molecule has 6 heteroatoms. The molecule has 0 aliphatic rings. The fraction of sp³-hybridized carbons (Fsp3) is 0.231. The predicted molar refractivity (Wildman–Crippen MR) is 66.9 cm³/mol. The van der Waals surface area contributed by atoms with E-state index in [4.69, 9.17) is 4.42 Å². The van der Waals surface area contributed by atoms with Crippen molar-refractivity contribution in [2.45, 2.75) is 13.1 Å². The Morgan fingerprint density at radius 2 is 2.16 bits per heavy atom. The van der Waals surface area contributed by atoms with Gasteiger partial charge in [-0.2, -0.15) is 4.39 Å². The molecule has 1 aromatic heterocycles. The van der Waals surface area contributed by atoms with Gasteiger partial charge >= 0.3 is 5.69 Å². The van der Waals surface area contributed by atoms with Gasteiger partial charge in [0.05, 0.1) is 17.4 Å². The first kappa shape index (κ1) is 13.2. The Bertz CT molecular complexity index is 569. The van der Waals surface area contributed by atoms with Gasteiger partial charge in [0, 0.05) is 30.3 Å². The van der Waals surface area contributed by atoms with Crippen molar-refractivity contribution in [2.75, 3.05) is 7.05 Å². The molecule has 2 aromatic rings. The number of nitrogens with zero attached hydrogens (tertiary/aromatic N) is 2. The third-order valence-corrected chi connectivity index (χ3v) is 2.73. The zero-order valence-electron chi connectivity index (χ0n) is 10.4. The summed E-state index contributed by atoms with van der Waals surface area (Å²) in [4.78, 5) is 11.8. The fourth-order valence-corrected chi connectivity index (χ4v) is 1.87. The lowest BCUT2D eigenvalue weighted by molar-refractivity contribution is -0.387. The first-order valence-electron chi connectivity index (χ1n) is 5.69. The molecule has 0 spiro atoms. The number of rotatable bonds is 5. The summed E-state index contributed by atoms with van der Waals surface area (Å²) in [7, 11) is 1.81. The van der Waals surface area contributed by atoms with Crippen LogP contribution in [0.4, 0.5) is 10.1 Å². The molecule has 0 fully saturated rings. The Morgan fingerprint density at radius 1 is 1.37 bits per heavy atom. The van der Waals surface area contributed by atoms with Crippen LogP contribution in [0.15, 0.2) is 41.2 Å². The number of hydrogen-bond donors (Lipinski definition) is 0. The van der Waals surface area contributed by atoms with Gasteiger partial charge in [0.1, 0.15) is 0 Å². The van der Waals surface area contributed by atoms with Crippen molar-refractivity contribution in [2.24, 2.45) is 0 Å². The van der Waals surface area contributed by atoms with E-state index in [1.807, 2.05) is 18.0 Å². The highest BCUT2D eigenvalue weighted by Gasteiger charge is 2.17. The molecule has 0 amide bonds. The Balaban J connectivity index is 2.10. The minimum Gasteiger partial charge on any atom is -0.472 e. The highest BCUT2D eigenvalue weighted by atomic mass is 19.1. The number of nitro benzene ring substituents is 1. The average molecular weight is 264 g/mol. The molecule has 0 unspecified atom stereocenters. The molecule has 1 heterocycles. The first-order chi connectivity index (χ1) is 9.08. The van der Waals surface area contributed by atoms with Gasteiger partial charge < -0.3 is 4.42 Å². The lowest BCUT2D eigenvalue weighted by Crippen LogP contribution is -2.18. The summed E-state index contributed by atoms with van der Waals surface area (Å²) < 4.78 is 18.8. The van der Waals surface area contributed by atoms with Crippen LogP contribution < -0.4 is 0 Å². The van der Waals surface area contributed by atoms with Gasteiger partial charge in [-0.1, -0.05) is 12.1 Å². The second-order valence-electron chi connectivity index (χ2n) is 4.31. The molecule has 0 radical (unpaired) electrons. The van der Waals surface area contributed by atoms with Crippen molar-refractivity contribution in [1.29, 1.82) is 0 Å². The maximum absolute atomic E-state index is 13.9. The van der Waals surface area contributed by atoms with Gasteiger partial charge in [0.15, 0.2) is 0 Å². The molecule has 0 bridgehead atoms. The largest absolute Gasteiger partial charge is 0.472 e. The molecule has 0 saturated heterocycles. The lowest BCUT2D eigenvalue weighted by Gasteiger charge is -2.15. The minimum atomic E-state index is -0.772. The summed E-state index contributed by atoms with van der Waals surface area (Å²) in [5.41, 5.74) is 0.780. The van der Waals surface area contributed by atoms with Crippen LogP contribution in [0.2, 0.25) is 0 Å². The van der Waals surface area contributed by atoms with Crippen molar-refractivity contribution < 1.29 is 13.7 Å². The van der Waals surface area contributed by atoms with Crippen molar-refractivity contribution in [3.8, 4) is 0 Å². The van der Waals surface area contributed by atoms with E-state index >= 15 is 0 Å². The van der Waals surface area contributed by atoms with E-state index in [0.717, 1.165) is 11.6 Å². The molecule has 0 aliphatic carbocycles. The Kier molecular flexibility index (Phi) is 3.91. The molecule has 1 aromatic carbocycles. The van der Waals surface area contributed by atoms with Gasteiger partial charge in [-0.05, 0) is 13.1 Å². The molecule has 0 aliphatic heterocycles. The first-order valence-corrected chi connectivity index (χ1v) is 5.69. The summed E-state index contributed by atoms with van der Waals surface area (Å²) in [6.45, 7) is 0.872. The standard InChI is InChI=1S/C13H13FN2O3/c1-15(7-10-5-6-19-9-10)8-11-3-2-4-12(13(11)14)16(17)18/h2-6,9H,7-8H2,1H3. The molecule has 19 heavy (non-hydrogen) atoms. The average Bonchev–Trinajstić information content (AvgIpc) is 2.84. The van der Waals surface area contributed by atoms with Crippen LogP contribution in [0.1, 0.15) is 11.1 Å². The minimum absolute atomic E-state index is 0.290. The van der Waals surface area contributed by atoms with Crippen molar-refractivity contribution in [3.05, 3.63) is 63.9 Å². The monoisotopic (exact) mass is 264 g/mol. The number of hydrogen-bond acceptors (Lipinski definition) is 4. The third-order valence-electron chi connectivity index (χ3n) is 2.73. The predicted octanol–water partition coefficient (Wildman–Crippen LogP) is 2.96. The fourth-order valence-electron chi connectivity index (χ4n) is 1.87. The summed E-state index contributed by atoms with van der Waals surface area (Å²) in [5, 5.41) is 10.7. The maximum Gasteiger partial charge on any atom is 0.305 e. The van der Waals surface area contributed by atoms with Crippen molar-refractivity contribution >= 4 is 5.69 Å². The normalized spacial score (nSPS) is 10.9. The van der Waals surface area contributed by atoms with Crippen LogP contribution in [0.5, 0.6) is 0 Å². The summed E-state index contributed by atoms with van der Waals surface area (Å²) in [6.07, 6.45) is 3.18. The Labute approximate surface area is 109 Å². The van der Waals surface area contributed by atoms with Crippen LogP contribution in [0.3, 0.4) is 0 Å². The Morgan fingerprint density at radius 3 is 2.79 bits per heavy atom. The van der Waals surface area contributed by atoms with Gasteiger partial charge in [-0.3, -0.25) is 15.0 Å². The zero-order valence-corrected chi connectivity index (χ0v) is 10.4. The molecular formula is C13H13FN2O3. The lowest BCUT2D eigenvalue weighted by atomic mass is 10.1. The second-order valence-corrected chi connectivity index (χ2v) is 4.31. The summed E-state index contributed by atoms with van der Waals surface area (Å²) >= 11 is 0. The molecule has 100 valence electrons. The van der Waals surface area contributed by atoms with Crippen molar-refractivity contribution in [3.63, 3.8) is 0 Å². The van der Waals surface area contributed by atoms with Crippen LogP contribution >= 0.6 is 0 Å². The van der Waals surface area contributed by atoms with Gasteiger partial charge in [0.2, 0.25) is 5.82 Å². The second kappa shape index (κ2) is 5.62. The van der Waals surface area contributed by atoms with Crippen LogP contribution in [0.25, 0.3) is 0 Å². The maximum atomic E-state index is 13.9. The van der Waals surface area contributed by atoms with E-state index in [-0.39, 0.29) is 0 Å². The summed E-state index contributed by atoms with van der Waals surface area (Å²) in [5.74, 6) is -0.772. The smallest absolute Gasteiger partial charge is 0.305 e. The number of furan rings is 1. The zero-order chi connectivity index (χ0) is 13.8. The van der Waals surface area contributed by atoms with E-state index in [0.29, 0.717) is 18.7 Å². The van der Waals surface area contributed by atoms with E-state index in [2.05, 4.69) is 0 Å². The van der Waals surface area contributed by atoms with Gasteiger partial charge in [-0.25, -0.2) is 0 Å². The molecule has 5 nitrogen and oxygen atoms in total. The number of halogens is 1. The molecule has 0 atom stereocenters. The number of nitro groups is 1. The molecule has 0 saturated carbocycles. The van der Waals surface area contributed by atoms with Crippen molar-refractivity contribution in [1.82, 2.24) is 4.90 Å². The summed E-state index contributed by atoms with van der Waals surface area (Å²) in [6, 6.07) is 6.02. The van der Waals surface area contributed by atoms with Crippen LogP contribution in [-0.4, -0.2) is 16.9 Å². The van der Waals surface area contributed by atoms with E-state index in [1.54, 1.807) is 18.6 Å². The Hall–Kier alpha value is -2.21. The van der Waals surface area contributed by atoms with E-state index < -0.39 is 16.4 Å².